The first kappa shape index (κ1) is 16.3. The lowest BCUT2D eigenvalue weighted by Crippen LogP contribution is -2.64. The highest BCUT2D eigenvalue weighted by Crippen LogP contribution is 2.27. The van der Waals surface area contributed by atoms with Gasteiger partial charge in [-0.25, -0.2) is 0 Å². The van der Waals surface area contributed by atoms with Gasteiger partial charge in [-0.1, -0.05) is 18.2 Å². The highest BCUT2D eigenvalue weighted by atomic mass is 16.2. The minimum Gasteiger partial charge on any atom is -0.327 e. The van der Waals surface area contributed by atoms with Crippen molar-refractivity contribution in [2.45, 2.75) is 39.2 Å². The molecule has 4 heteroatoms. The topological polar surface area (TPSA) is 40.6 Å². The number of hydrogen-bond acceptors (Lipinski definition) is 2. The maximum absolute atomic E-state index is 12.8. The Balaban J connectivity index is 2.25. The summed E-state index contributed by atoms with van der Waals surface area (Å²) >= 11 is 0. The van der Waals surface area contributed by atoms with E-state index in [4.69, 9.17) is 0 Å². The van der Waals surface area contributed by atoms with E-state index in [0.29, 0.717) is 13.1 Å². The zero-order valence-corrected chi connectivity index (χ0v) is 13.6. The first-order valence-electron chi connectivity index (χ1n) is 7.68. The summed E-state index contributed by atoms with van der Waals surface area (Å²) in [5.41, 5.74) is 1.29. The van der Waals surface area contributed by atoms with E-state index in [1.807, 2.05) is 32.1 Å². The summed E-state index contributed by atoms with van der Waals surface area (Å²) in [6.45, 7) is 9.97. The monoisotopic (exact) mass is 300 g/mol. The number of carbonyl (C=O) groups is 2. The van der Waals surface area contributed by atoms with Crippen LogP contribution in [0.3, 0.4) is 0 Å². The van der Waals surface area contributed by atoms with E-state index in [1.165, 1.54) is 12.5 Å². The third kappa shape index (κ3) is 3.06. The van der Waals surface area contributed by atoms with Gasteiger partial charge in [0.25, 0.3) is 5.91 Å². The number of nitrogens with zero attached hydrogens (tertiary/aromatic N) is 2. The number of carbonyl (C=O) groups excluding carboxylic acids is 2. The molecule has 1 aliphatic rings. The van der Waals surface area contributed by atoms with Crippen LogP contribution in [-0.2, 0) is 16.0 Å². The Morgan fingerprint density at radius 1 is 1.36 bits per heavy atom. The minimum absolute atomic E-state index is 0.0326. The van der Waals surface area contributed by atoms with Crippen molar-refractivity contribution >= 4 is 17.5 Å². The van der Waals surface area contributed by atoms with E-state index in [1.54, 1.807) is 9.80 Å². The van der Waals surface area contributed by atoms with Crippen molar-refractivity contribution in [1.29, 1.82) is 0 Å². The van der Waals surface area contributed by atoms with Crippen LogP contribution in [0.1, 0.15) is 32.8 Å². The van der Waals surface area contributed by atoms with Gasteiger partial charge in [-0.2, -0.15) is 0 Å². The van der Waals surface area contributed by atoms with Crippen molar-refractivity contribution in [3.05, 3.63) is 42.5 Å². The Morgan fingerprint density at radius 3 is 2.73 bits per heavy atom. The molecule has 2 amide bonds. The van der Waals surface area contributed by atoms with Gasteiger partial charge in [0.1, 0.15) is 5.54 Å². The quantitative estimate of drug-likeness (QED) is 0.802. The SMILES string of the molecule is C=CCCc1cccc(N2CCN(C(C)=O)C(C)(C)C2=O)c1. The van der Waals surface area contributed by atoms with Gasteiger partial charge in [0.15, 0.2) is 0 Å². The Kier molecular flexibility index (Phi) is 4.69. The predicted molar refractivity (Wildman–Crippen MR) is 88.8 cm³/mol. The Hall–Kier alpha value is -2.10. The van der Waals surface area contributed by atoms with Crippen molar-refractivity contribution in [3.63, 3.8) is 0 Å². The average molecular weight is 300 g/mol. The first-order valence-corrected chi connectivity index (χ1v) is 7.68. The summed E-state index contributed by atoms with van der Waals surface area (Å²) in [6.07, 6.45) is 3.73. The van der Waals surface area contributed by atoms with Crippen LogP contribution in [0.4, 0.5) is 5.69 Å². The molecule has 1 saturated heterocycles. The van der Waals surface area contributed by atoms with Crippen molar-refractivity contribution in [1.82, 2.24) is 4.90 Å². The van der Waals surface area contributed by atoms with E-state index in [9.17, 15) is 9.59 Å². The third-order valence-electron chi connectivity index (χ3n) is 4.23. The lowest BCUT2D eigenvalue weighted by molar-refractivity contribution is -0.145. The fraction of sp³-hybridized carbons (Fsp3) is 0.444. The predicted octanol–water partition coefficient (Wildman–Crippen LogP) is 2.78. The molecule has 0 aliphatic carbocycles. The second-order valence-electron chi connectivity index (χ2n) is 6.18. The largest absolute Gasteiger partial charge is 0.327 e. The average Bonchev–Trinajstić information content (AvgIpc) is 2.47. The molecule has 0 bridgehead atoms. The summed E-state index contributed by atoms with van der Waals surface area (Å²) in [4.78, 5) is 28.0. The maximum atomic E-state index is 12.8. The molecular formula is C18H24N2O2. The molecule has 0 N–H and O–H groups in total. The fourth-order valence-corrected chi connectivity index (χ4v) is 2.97. The van der Waals surface area contributed by atoms with Crippen LogP contribution in [0.25, 0.3) is 0 Å². The smallest absolute Gasteiger partial charge is 0.252 e. The van der Waals surface area contributed by atoms with Crippen LogP contribution < -0.4 is 4.90 Å². The van der Waals surface area contributed by atoms with Crippen molar-refractivity contribution in [2.24, 2.45) is 0 Å². The zero-order chi connectivity index (χ0) is 16.3. The second kappa shape index (κ2) is 6.34. The summed E-state index contributed by atoms with van der Waals surface area (Å²) in [5.74, 6) is -0.0902. The van der Waals surface area contributed by atoms with Crippen molar-refractivity contribution in [2.75, 3.05) is 18.0 Å². The minimum atomic E-state index is -0.804. The van der Waals surface area contributed by atoms with Crippen LogP contribution in [0, 0.1) is 0 Å². The van der Waals surface area contributed by atoms with E-state index in [0.717, 1.165) is 18.5 Å². The van der Waals surface area contributed by atoms with E-state index in [2.05, 4.69) is 18.7 Å². The highest BCUT2D eigenvalue weighted by molar-refractivity contribution is 6.02. The van der Waals surface area contributed by atoms with Crippen LogP contribution in [0.15, 0.2) is 36.9 Å². The molecule has 0 atom stereocenters. The number of rotatable bonds is 4. The molecule has 0 saturated carbocycles. The van der Waals surface area contributed by atoms with Crippen LogP contribution in [0.5, 0.6) is 0 Å². The Morgan fingerprint density at radius 2 is 2.09 bits per heavy atom. The lowest BCUT2D eigenvalue weighted by atomic mass is 9.96. The standard InChI is InChI=1S/C18H24N2O2/c1-5-6-8-15-9-7-10-16(13-15)19-11-12-20(14(2)21)18(3,4)17(19)22/h5,7,9-10,13H,1,6,8,11-12H2,2-4H3. The molecule has 1 fully saturated rings. The molecule has 22 heavy (non-hydrogen) atoms. The number of amides is 2. The summed E-state index contributed by atoms with van der Waals surface area (Å²) in [6, 6.07) is 8.05. The number of hydrogen-bond donors (Lipinski definition) is 0. The van der Waals surface area contributed by atoms with Crippen molar-refractivity contribution < 1.29 is 9.59 Å². The number of benzene rings is 1. The first-order chi connectivity index (χ1) is 10.4. The van der Waals surface area contributed by atoms with Crippen LogP contribution >= 0.6 is 0 Å². The van der Waals surface area contributed by atoms with Crippen LogP contribution in [0.2, 0.25) is 0 Å². The zero-order valence-electron chi connectivity index (χ0n) is 13.6. The van der Waals surface area contributed by atoms with E-state index in [-0.39, 0.29) is 11.8 Å². The molecule has 2 rings (SSSR count). The highest BCUT2D eigenvalue weighted by Gasteiger charge is 2.43. The van der Waals surface area contributed by atoms with Crippen LogP contribution in [-0.4, -0.2) is 35.3 Å². The van der Waals surface area contributed by atoms with Gasteiger partial charge in [0.2, 0.25) is 5.91 Å². The Labute approximate surface area is 132 Å². The number of allylic oxidation sites excluding steroid dienone is 1. The van der Waals surface area contributed by atoms with Gasteiger partial charge in [-0.05, 0) is 44.4 Å². The van der Waals surface area contributed by atoms with Gasteiger partial charge in [-0.3, -0.25) is 9.59 Å². The van der Waals surface area contributed by atoms with E-state index >= 15 is 0 Å². The molecule has 0 aromatic heterocycles. The second-order valence-corrected chi connectivity index (χ2v) is 6.18. The number of piperazine rings is 1. The number of aryl methyl sites for hydroxylation is 1. The molecule has 1 aliphatic heterocycles. The summed E-state index contributed by atoms with van der Waals surface area (Å²) in [5, 5.41) is 0. The molecule has 1 aromatic carbocycles. The van der Waals surface area contributed by atoms with Gasteiger partial charge in [-0.15, -0.1) is 6.58 Å². The number of anilines is 1. The maximum Gasteiger partial charge on any atom is 0.252 e. The molecule has 0 unspecified atom stereocenters. The summed E-state index contributed by atoms with van der Waals surface area (Å²) in [7, 11) is 0. The molecule has 1 heterocycles. The third-order valence-corrected chi connectivity index (χ3v) is 4.23. The molecule has 0 spiro atoms. The fourth-order valence-electron chi connectivity index (χ4n) is 2.97. The molecule has 1 aromatic rings. The Bertz CT molecular complexity index is 593. The normalized spacial score (nSPS) is 17.5. The molecular weight excluding hydrogens is 276 g/mol. The molecule has 4 nitrogen and oxygen atoms in total. The van der Waals surface area contributed by atoms with E-state index < -0.39 is 5.54 Å². The summed E-state index contributed by atoms with van der Waals surface area (Å²) < 4.78 is 0. The van der Waals surface area contributed by atoms with Gasteiger partial charge < -0.3 is 9.80 Å². The van der Waals surface area contributed by atoms with Gasteiger partial charge in [0, 0.05) is 25.7 Å². The van der Waals surface area contributed by atoms with Gasteiger partial charge in [0.05, 0.1) is 0 Å². The molecule has 118 valence electrons. The molecule has 0 radical (unpaired) electrons. The van der Waals surface area contributed by atoms with Gasteiger partial charge >= 0.3 is 0 Å². The van der Waals surface area contributed by atoms with Crippen molar-refractivity contribution in [3.8, 4) is 0 Å². The lowest BCUT2D eigenvalue weighted by Gasteiger charge is -2.45.